The van der Waals surface area contributed by atoms with Gasteiger partial charge in [-0.1, -0.05) is 39.3 Å². The summed E-state index contributed by atoms with van der Waals surface area (Å²) in [5.41, 5.74) is 2.20. The molecule has 0 spiro atoms. The van der Waals surface area contributed by atoms with Gasteiger partial charge < -0.3 is 4.90 Å². The van der Waals surface area contributed by atoms with Crippen molar-refractivity contribution in [3.05, 3.63) is 22.2 Å². The molecule has 1 fully saturated rings. The fourth-order valence-electron chi connectivity index (χ4n) is 3.29. The van der Waals surface area contributed by atoms with Gasteiger partial charge in [-0.15, -0.1) is 0 Å². The highest BCUT2D eigenvalue weighted by atomic mass is 35.5. The Morgan fingerprint density at radius 3 is 2.67 bits per heavy atom. The summed E-state index contributed by atoms with van der Waals surface area (Å²) in [5.74, 6) is 1.81. The molecule has 2 aromatic heterocycles. The highest BCUT2D eigenvalue weighted by Crippen LogP contribution is 2.41. The predicted molar refractivity (Wildman–Crippen MR) is 100 cm³/mol. The number of hydrogen-bond donors (Lipinski definition) is 0. The van der Waals surface area contributed by atoms with Gasteiger partial charge in [0.15, 0.2) is 0 Å². The first-order valence-corrected chi connectivity index (χ1v) is 9.86. The standard InChI is InChI=1S/C17H26ClN5S/c1-10(2)9-23-15(18)14(12(5)20-23)13-7-6-8-22(13)17-19-16(11(3)4)21-24-17/h10-11,13H,6-9H2,1-5H3. The van der Waals surface area contributed by atoms with Crippen LogP contribution in [0.5, 0.6) is 0 Å². The smallest absolute Gasteiger partial charge is 0.205 e. The van der Waals surface area contributed by atoms with Crippen LogP contribution in [-0.2, 0) is 6.54 Å². The minimum Gasteiger partial charge on any atom is -0.340 e. The highest BCUT2D eigenvalue weighted by molar-refractivity contribution is 7.09. The lowest BCUT2D eigenvalue weighted by molar-refractivity contribution is 0.481. The molecule has 24 heavy (non-hydrogen) atoms. The van der Waals surface area contributed by atoms with Crippen LogP contribution in [-0.4, -0.2) is 25.7 Å². The highest BCUT2D eigenvalue weighted by Gasteiger charge is 2.33. The van der Waals surface area contributed by atoms with Gasteiger partial charge in [-0.3, -0.25) is 4.68 Å². The molecule has 5 nitrogen and oxygen atoms in total. The minimum absolute atomic E-state index is 0.256. The summed E-state index contributed by atoms with van der Waals surface area (Å²) in [5, 5.41) is 6.47. The van der Waals surface area contributed by atoms with Crippen LogP contribution in [0.1, 0.15) is 69.6 Å². The number of anilines is 1. The maximum Gasteiger partial charge on any atom is 0.205 e. The van der Waals surface area contributed by atoms with Crippen LogP contribution in [0.15, 0.2) is 0 Å². The molecule has 1 aliphatic heterocycles. The lowest BCUT2D eigenvalue weighted by Gasteiger charge is -2.23. The van der Waals surface area contributed by atoms with Gasteiger partial charge in [0, 0.05) is 36.1 Å². The summed E-state index contributed by atoms with van der Waals surface area (Å²) >= 11 is 8.20. The first-order valence-electron chi connectivity index (χ1n) is 8.71. The Hall–Kier alpha value is -1.14. The molecule has 0 radical (unpaired) electrons. The van der Waals surface area contributed by atoms with Crippen molar-refractivity contribution < 1.29 is 0 Å². The Balaban J connectivity index is 1.91. The fraction of sp³-hybridized carbons (Fsp3) is 0.706. The van der Waals surface area contributed by atoms with E-state index < -0.39 is 0 Å². The van der Waals surface area contributed by atoms with Crippen molar-refractivity contribution in [2.24, 2.45) is 5.92 Å². The van der Waals surface area contributed by atoms with E-state index in [0.29, 0.717) is 11.8 Å². The van der Waals surface area contributed by atoms with Crippen LogP contribution in [0.4, 0.5) is 5.13 Å². The summed E-state index contributed by atoms with van der Waals surface area (Å²) in [6.07, 6.45) is 2.23. The normalized spacial score (nSPS) is 18.3. The summed E-state index contributed by atoms with van der Waals surface area (Å²) in [6, 6.07) is 0.256. The van der Waals surface area contributed by atoms with Crippen LogP contribution in [0.2, 0.25) is 5.15 Å². The molecule has 132 valence electrons. The Morgan fingerprint density at radius 2 is 2.04 bits per heavy atom. The molecule has 0 saturated carbocycles. The predicted octanol–water partition coefficient (Wildman–Crippen LogP) is 4.82. The van der Waals surface area contributed by atoms with Crippen LogP contribution >= 0.6 is 23.1 Å². The maximum atomic E-state index is 6.70. The number of rotatable bonds is 5. The van der Waals surface area contributed by atoms with Gasteiger partial charge in [0.1, 0.15) is 11.0 Å². The van der Waals surface area contributed by atoms with E-state index in [2.05, 4.69) is 49.0 Å². The number of aryl methyl sites for hydroxylation is 1. The van der Waals surface area contributed by atoms with Gasteiger partial charge >= 0.3 is 0 Å². The van der Waals surface area contributed by atoms with Gasteiger partial charge in [-0.25, -0.2) is 4.98 Å². The summed E-state index contributed by atoms with van der Waals surface area (Å²) in [7, 11) is 0. The van der Waals surface area contributed by atoms with E-state index in [1.807, 2.05) is 4.68 Å². The molecule has 0 bridgehead atoms. The van der Waals surface area contributed by atoms with E-state index >= 15 is 0 Å². The van der Waals surface area contributed by atoms with Crippen molar-refractivity contribution in [1.82, 2.24) is 19.1 Å². The summed E-state index contributed by atoms with van der Waals surface area (Å²) < 4.78 is 6.46. The van der Waals surface area contributed by atoms with Crippen LogP contribution in [0.3, 0.4) is 0 Å². The van der Waals surface area contributed by atoms with Gasteiger partial charge in [-0.2, -0.15) is 9.47 Å². The lowest BCUT2D eigenvalue weighted by Crippen LogP contribution is -2.23. The number of nitrogens with zero attached hydrogens (tertiary/aromatic N) is 5. The topological polar surface area (TPSA) is 46.8 Å². The van der Waals surface area contributed by atoms with Crippen molar-refractivity contribution in [3.63, 3.8) is 0 Å². The van der Waals surface area contributed by atoms with Crippen LogP contribution < -0.4 is 4.90 Å². The van der Waals surface area contributed by atoms with E-state index in [1.54, 1.807) is 0 Å². The molecule has 1 aliphatic rings. The molecule has 0 aliphatic carbocycles. The average Bonchev–Trinajstić information content (AvgIpc) is 3.18. The van der Waals surface area contributed by atoms with Crippen molar-refractivity contribution in [3.8, 4) is 0 Å². The van der Waals surface area contributed by atoms with E-state index in [-0.39, 0.29) is 6.04 Å². The maximum absolute atomic E-state index is 6.70. The van der Waals surface area contributed by atoms with Gasteiger partial charge in [0.25, 0.3) is 0 Å². The molecule has 1 unspecified atom stereocenters. The molecule has 1 atom stereocenters. The lowest BCUT2D eigenvalue weighted by atomic mass is 10.1. The zero-order chi connectivity index (χ0) is 17.4. The zero-order valence-corrected chi connectivity index (χ0v) is 16.7. The number of hydrogen-bond acceptors (Lipinski definition) is 5. The van der Waals surface area contributed by atoms with Gasteiger partial charge in [0.2, 0.25) is 5.13 Å². The van der Waals surface area contributed by atoms with Crippen molar-refractivity contribution in [2.75, 3.05) is 11.4 Å². The third kappa shape index (κ3) is 3.31. The number of aromatic nitrogens is 4. The monoisotopic (exact) mass is 367 g/mol. The minimum atomic E-state index is 0.256. The van der Waals surface area contributed by atoms with Gasteiger partial charge in [0.05, 0.1) is 11.7 Å². The van der Waals surface area contributed by atoms with Crippen molar-refractivity contribution in [2.45, 2.75) is 66.0 Å². The molecule has 1 saturated heterocycles. The average molecular weight is 368 g/mol. The molecule has 3 heterocycles. The summed E-state index contributed by atoms with van der Waals surface area (Å²) in [6.45, 7) is 12.5. The second-order valence-electron chi connectivity index (χ2n) is 7.31. The molecule has 7 heteroatoms. The molecule has 3 rings (SSSR count). The van der Waals surface area contributed by atoms with E-state index in [9.17, 15) is 0 Å². The van der Waals surface area contributed by atoms with Crippen LogP contribution in [0.25, 0.3) is 0 Å². The van der Waals surface area contributed by atoms with E-state index in [0.717, 1.165) is 53.3 Å². The fourth-order valence-corrected chi connectivity index (χ4v) is 4.54. The molecule has 0 aromatic carbocycles. The Bertz CT molecular complexity index is 706. The second kappa shape index (κ2) is 7.00. The Labute approximate surface area is 153 Å². The molecule has 2 aromatic rings. The van der Waals surface area contributed by atoms with E-state index in [4.69, 9.17) is 16.6 Å². The Morgan fingerprint density at radius 1 is 1.29 bits per heavy atom. The first kappa shape index (κ1) is 17.7. The zero-order valence-electron chi connectivity index (χ0n) is 15.1. The molecular weight excluding hydrogens is 342 g/mol. The molecule has 0 amide bonds. The van der Waals surface area contributed by atoms with E-state index in [1.165, 1.54) is 11.5 Å². The van der Waals surface area contributed by atoms with Crippen molar-refractivity contribution in [1.29, 1.82) is 0 Å². The van der Waals surface area contributed by atoms with Crippen LogP contribution in [0, 0.1) is 12.8 Å². The molecule has 0 N–H and O–H groups in total. The summed E-state index contributed by atoms with van der Waals surface area (Å²) in [4.78, 5) is 7.11. The largest absolute Gasteiger partial charge is 0.340 e. The quantitative estimate of drug-likeness (QED) is 0.760. The SMILES string of the molecule is Cc1nn(CC(C)C)c(Cl)c1C1CCCN1c1nc(C(C)C)ns1. The number of halogens is 1. The third-order valence-corrected chi connectivity index (χ3v) is 5.59. The van der Waals surface area contributed by atoms with Crippen molar-refractivity contribution >= 4 is 28.3 Å². The first-order chi connectivity index (χ1) is 11.4. The Kier molecular flexibility index (Phi) is 5.16. The van der Waals surface area contributed by atoms with Gasteiger partial charge in [-0.05, 0) is 25.7 Å². The third-order valence-electron chi connectivity index (χ3n) is 4.43. The molecular formula is C17H26ClN5S. The second-order valence-corrected chi connectivity index (χ2v) is 8.40.